The van der Waals surface area contributed by atoms with Gasteiger partial charge in [0.25, 0.3) is 0 Å². The van der Waals surface area contributed by atoms with Gasteiger partial charge in [0.1, 0.15) is 11.4 Å². The molecule has 2 heterocycles. The summed E-state index contributed by atoms with van der Waals surface area (Å²) in [6.45, 7) is 2.26. The summed E-state index contributed by atoms with van der Waals surface area (Å²) in [6.07, 6.45) is 3.22. The van der Waals surface area contributed by atoms with E-state index in [0.717, 1.165) is 29.2 Å². The first-order valence-corrected chi connectivity index (χ1v) is 7.89. The molecular weight excluding hydrogens is 266 g/mol. The zero-order valence-electron chi connectivity index (χ0n) is 10.5. The van der Waals surface area contributed by atoms with E-state index in [1.165, 1.54) is 12.2 Å². The lowest BCUT2D eigenvalue weighted by Crippen LogP contribution is -2.51. The summed E-state index contributed by atoms with van der Waals surface area (Å²) in [5, 5.41) is 1.23. The van der Waals surface area contributed by atoms with Gasteiger partial charge in [0.2, 0.25) is 0 Å². The highest BCUT2D eigenvalue weighted by atomic mass is 35.5. The van der Waals surface area contributed by atoms with Crippen molar-refractivity contribution in [1.82, 2.24) is 0 Å². The van der Waals surface area contributed by atoms with E-state index >= 15 is 0 Å². The van der Waals surface area contributed by atoms with Crippen LogP contribution in [0.2, 0.25) is 5.02 Å². The fourth-order valence-corrected chi connectivity index (χ4v) is 4.44. The summed E-state index contributed by atoms with van der Waals surface area (Å²) in [5.74, 6) is 2.15. The second-order valence-electron chi connectivity index (χ2n) is 5.28. The summed E-state index contributed by atoms with van der Waals surface area (Å²) in [5.41, 5.74) is 7.31. The monoisotopic (exact) mass is 283 g/mol. The van der Waals surface area contributed by atoms with Crippen LogP contribution in [0.1, 0.15) is 37.8 Å². The average molecular weight is 284 g/mol. The minimum atomic E-state index is -0.0802. The van der Waals surface area contributed by atoms with Gasteiger partial charge in [-0.25, -0.2) is 0 Å². The highest BCUT2D eigenvalue weighted by Crippen LogP contribution is 2.47. The lowest BCUT2D eigenvalue weighted by atomic mass is 9.82. The summed E-state index contributed by atoms with van der Waals surface area (Å²) in [6, 6.07) is 5.82. The van der Waals surface area contributed by atoms with Gasteiger partial charge in [0.15, 0.2) is 0 Å². The first-order valence-electron chi connectivity index (χ1n) is 6.46. The number of thioether (sulfide) groups is 1. The SMILES string of the molecule is CC1SCCCC12C[C@@H](N)c1cc(Cl)ccc1O2. The van der Waals surface area contributed by atoms with Crippen LogP contribution in [-0.2, 0) is 0 Å². The number of nitrogens with two attached hydrogens (primary N) is 1. The molecule has 1 saturated heterocycles. The Kier molecular flexibility index (Phi) is 3.25. The van der Waals surface area contributed by atoms with Crippen LogP contribution in [0.25, 0.3) is 0 Å². The molecule has 1 aromatic carbocycles. The van der Waals surface area contributed by atoms with Crippen molar-refractivity contribution in [2.75, 3.05) is 5.75 Å². The molecule has 1 fully saturated rings. The Bertz CT molecular complexity index is 467. The molecular formula is C14H18ClNOS. The van der Waals surface area contributed by atoms with E-state index in [1.807, 2.05) is 30.0 Å². The lowest BCUT2D eigenvalue weighted by Gasteiger charge is -2.47. The third-order valence-electron chi connectivity index (χ3n) is 4.10. The van der Waals surface area contributed by atoms with E-state index in [2.05, 4.69) is 6.92 Å². The number of hydrogen-bond acceptors (Lipinski definition) is 3. The fourth-order valence-electron chi connectivity index (χ4n) is 3.03. The third kappa shape index (κ3) is 2.02. The maximum absolute atomic E-state index is 6.34. The molecule has 4 heteroatoms. The first kappa shape index (κ1) is 12.6. The molecule has 1 aromatic rings. The predicted octanol–water partition coefficient (Wildman–Crippen LogP) is 3.78. The van der Waals surface area contributed by atoms with E-state index in [-0.39, 0.29) is 11.6 Å². The van der Waals surface area contributed by atoms with Crippen molar-refractivity contribution < 1.29 is 4.74 Å². The summed E-state index contributed by atoms with van der Waals surface area (Å²) >= 11 is 8.03. The van der Waals surface area contributed by atoms with Gasteiger partial charge in [-0.05, 0) is 43.7 Å². The van der Waals surface area contributed by atoms with Crippen LogP contribution in [0.3, 0.4) is 0 Å². The molecule has 0 bridgehead atoms. The number of ether oxygens (including phenoxy) is 1. The largest absolute Gasteiger partial charge is 0.486 e. The maximum atomic E-state index is 6.34. The van der Waals surface area contributed by atoms with Gasteiger partial charge >= 0.3 is 0 Å². The molecule has 0 amide bonds. The van der Waals surface area contributed by atoms with Crippen LogP contribution in [0.5, 0.6) is 5.75 Å². The lowest BCUT2D eigenvalue weighted by molar-refractivity contribution is 0.0256. The number of halogens is 1. The minimum Gasteiger partial charge on any atom is -0.486 e. The summed E-state index contributed by atoms with van der Waals surface area (Å²) in [4.78, 5) is 0. The summed E-state index contributed by atoms with van der Waals surface area (Å²) < 4.78 is 6.34. The molecule has 3 atom stereocenters. The van der Waals surface area contributed by atoms with Crippen LogP contribution in [0.15, 0.2) is 18.2 Å². The number of rotatable bonds is 0. The third-order valence-corrected chi connectivity index (χ3v) is 5.79. The molecule has 1 spiro atoms. The van der Waals surface area contributed by atoms with E-state index in [4.69, 9.17) is 22.1 Å². The Balaban J connectivity index is 1.98. The van der Waals surface area contributed by atoms with Crippen molar-refractivity contribution in [2.24, 2.45) is 5.73 Å². The second-order valence-corrected chi connectivity index (χ2v) is 7.16. The van der Waals surface area contributed by atoms with Crippen molar-refractivity contribution in [3.05, 3.63) is 28.8 Å². The molecule has 3 rings (SSSR count). The molecule has 2 N–H and O–H groups in total. The Morgan fingerprint density at radius 2 is 2.33 bits per heavy atom. The predicted molar refractivity (Wildman–Crippen MR) is 77.5 cm³/mol. The van der Waals surface area contributed by atoms with Crippen LogP contribution in [-0.4, -0.2) is 16.6 Å². The molecule has 0 aromatic heterocycles. The Hall–Kier alpha value is -0.380. The number of hydrogen-bond donors (Lipinski definition) is 1. The van der Waals surface area contributed by atoms with Gasteiger partial charge in [-0.15, -0.1) is 0 Å². The van der Waals surface area contributed by atoms with Gasteiger partial charge in [0.05, 0.1) is 0 Å². The van der Waals surface area contributed by atoms with Crippen molar-refractivity contribution in [3.63, 3.8) is 0 Å². The van der Waals surface area contributed by atoms with Crippen molar-refractivity contribution in [2.45, 2.75) is 43.1 Å². The zero-order chi connectivity index (χ0) is 12.8. The highest BCUT2D eigenvalue weighted by Gasteiger charge is 2.45. The van der Waals surface area contributed by atoms with Gasteiger partial charge in [-0.3, -0.25) is 0 Å². The van der Waals surface area contributed by atoms with Gasteiger partial charge in [-0.1, -0.05) is 11.6 Å². The smallest absolute Gasteiger partial charge is 0.125 e. The molecule has 0 saturated carbocycles. The van der Waals surface area contributed by atoms with E-state index in [9.17, 15) is 0 Å². The standard InChI is InChI=1S/C14H18ClNOS/c1-9-14(5-2-6-18-9)8-12(16)11-7-10(15)3-4-13(11)17-14/h3-4,7,9,12H,2,5-6,8,16H2,1H3/t9?,12-,14?/m1/s1. The van der Waals surface area contributed by atoms with Gasteiger partial charge in [-0.2, -0.15) is 11.8 Å². The van der Waals surface area contributed by atoms with Gasteiger partial charge in [0, 0.05) is 28.3 Å². The Morgan fingerprint density at radius 3 is 3.11 bits per heavy atom. The molecule has 2 nitrogen and oxygen atoms in total. The summed E-state index contributed by atoms with van der Waals surface area (Å²) in [7, 11) is 0. The first-order chi connectivity index (χ1) is 8.61. The topological polar surface area (TPSA) is 35.2 Å². The number of fused-ring (bicyclic) bond motifs is 1. The normalized spacial score (nSPS) is 35.1. The average Bonchev–Trinajstić information content (AvgIpc) is 2.34. The van der Waals surface area contributed by atoms with E-state index < -0.39 is 0 Å². The number of benzene rings is 1. The van der Waals surface area contributed by atoms with Crippen LogP contribution in [0, 0.1) is 0 Å². The van der Waals surface area contributed by atoms with Crippen LogP contribution in [0.4, 0.5) is 0 Å². The highest BCUT2D eigenvalue weighted by molar-refractivity contribution is 8.00. The van der Waals surface area contributed by atoms with Crippen LogP contribution >= 0.6 is 23.4 Å². The second kappa shape index (κ2) is 4.62. The molecule has 2 aliphatic rings. The Morgan fingerprint density at radius 1 is 1.50 bits per heavy atom. The molecule has 2 unspecified atom stereocenters. The van der Waals surface area contributed by atoms with E-state index in [0.29, 0.717) is 5.25 Å². The fraction of sp³-hybridized carbons (Fsp3) is 0.571. The Labute approximate surface area is 117 Å². The molecule has 2 aliphatic heterocycles. The molecule has 0 aliphatic carbocycles. The van der Waals surface area contributed by atoms with Crippen molar-refractivity contribution in [1.29, 1.82) is 0 Å². The zero-order valence-corrected chi connectivity index (χ0v) is 12.1. The quantitative estimate of drug-likeness (QED) is 0.787. The molecule has 0 radical (unpaired) electrons. The maximum Gasteiger partial charge on any atom is 0.125 e. The molecule has 18 heavy (non-hydrogen) atoms. The van der Waals surface area contributed by atoms with E-state index in [1.54, 1.807) is 0 Å². The van der Waals surface area contributed by atoms with Crippen LogP contribution < -0.4 is 10.5 Å². The molecule has 98 valence electrons. The van der Waals surface area contributed by atoms with Crippen molar-refractivity contribution >= 4 is 23.4 Å². The van der Waals surface area contributed by atoms with Crippen molar-refractivity contribution in [3.8, 4) is 5.75 Å². The van der Waals surface area contributed by atoms with Gasteiger partial charge < -0.3 is 10.5 Å². The minimum absolute atomic E-state index is 0.0357.